The Morgan fingerprint density at radius 2 is 2.14 bits per heavy atom. The molecule has 5 nitrogen and oxygen atoms in total. The molecule has 1 aromatic rings. The summed E-state index contributed by atoms with van der Waals surface area (Å²) in [5.74, 6) is 1.50. The van der Waals surface area contributed by atoms with Crippen LogP contribution in [-0.4, -0.2) is 43.6 Å². The molecule has 3 rings (SSSR count). The van der Waals surface area contributed by atoms with Crippen LogP contribution in [0.5, 0.6) is 5.75 Å². The van der Waals surface area contributed by atoms with Gasteiger partial charge in [0, 0.05) is 18.5 Å². The summed E-state index contributed by atoms with van der Waals surface area (Å²) in [4.78, 5) is 6.98. The summed E-state index contributed by atoms with van der Waals surface area (Å²) in [7, 11) is 0. The number of benzene rings is 1. The largest absolute Gasteiger partial charge is 0.493 e. The predicted molar refractivity (Wildman–Crippen MR) is 89.2 cm³/mol. The normalized spacial score (nSPS) is 22.2. The minimum atomic E-state index is 0.201. The fourth-order valence-corrected chi connectivity index (χ4v) is 3.22. The van der Waals surface area contributed by atoms with Gasteiger partial charge in [-0.1, -0.05) is 18.2 Å². The van der Waals surface area contributed by atoms with Gasteiger partial charge >= 0.3 is 0 Å². The molecule has 0 aromatic heterocycles. The van der Waals surface area contributed by atoms with E-state index in [1.165, 1.54) is 31.5 Å². The lowest BCUT2D eigenvalue weighted by atomic mass is 10.0. The van der Waals surface area contributed by atoms with Gasteiger partial charge in [0.25, 0.3) is 0 Å². The van der Waals surface area contributed by atoms with Crippen molar-refractivity contribution in [2.75, 3.05) is 32.8 Å². The molecular formula is C17H26N4O. The summed E-state index contributed by atoms with van der Waals surface area (Å²) in [6.45, 7) is 5.14. The molecule has 0 saturated carbocycles. The van der Waals surface area contributed by atoms with Gasteiger partial charge in [-0.2, -0.15) is 0 Å². The van der Waals surface area contributed by atoms with E-state index in [9.17, 15) is 0 Å². The van der Waals surface area contributed by atoms with Crippen molar-refractivity contribution in [3.63, 3.8) is 0 Å². The molecular weight excluding hydrogens is 276 g/mol. The van der Waals surface area contributed by atoms with E-state index in [4.69, 9.17) is 10.5 Å². The molecule has 0 spiro atoms. The van der Waals surface area contributed by atoms with Crippen molar-refractivity contribution in [1.29, 1.82) is 0 Å². The second-order valence-electron chi connectivity index (χ2n) is 6.04. The lowest BCUT2D eigenvalue weighted by Gasteiger charge is -2.27. The number of hydrogen-bond donors (Lipinski definition) is 2. The molecule has 2 aliphatic rings. The van der Waals surface area contributed by atoms with E-state index in [-0.39, 0.29) is 6.04 Å². The number of nitrogens with one attached hydrogen (secondary N) is 1. The molecule has 1 aromatic carbocycles. The van der Waals surface area contributed by atoms with Gasteiger partial charge in [-0.3, -0.25) is 4.99 Å². The Hall–Kier alpha value is -1.75. The number of hydrogen-bond acceptors (Lipinski definition) is 3. The summed E-state index contributed by atoms with van der Waals surface area (Å²) < 4.78 is 5.66. The second-order valence-corrected chi connectivity index (χ2v) is 6.04. The first-order valence-corrected chi connectivity index (χ1v) is 8.33. The molecule has 1 saturated heterocycles. The van der Waals surface area contributed by atoms with Gasteiger partial charge in [0.15, 0.2) is 5.96 Å². The van der Waals surface area contributed by atoms with Gasteiger partial charge in [0.2, 0.25) is 0 Å². The van der Waals surface area contributed by atoms with E-state index in [1.54, 1.807) is 0 Å². The summed E-state index contributed by atoms with van der Waals surface area (Å²) in [5, 5.41) is 3.34. The molecule has 0 aliphatic carbocycles. The van der Waals surface area contributed by atoms with Gasteiger partial charge in [0.1, 0.15) is 5.75 Å². The zero-order chi connectivity index (χ0) is 15.2. The minimum Gasteiger partial charge on any atom is -0.493 e. The van der Waals surface area contributed by atoms with Crippen LogP contribution in [0.15, 0.2) is 29.3 Å². The van der Waals surface area contributed by atoms with Crippen molar-refractivity contribution in [3.8, 4) is 5.75 Å². The number of rotatable bonds is 5. The Balaban J connectivity index is 1.47. The van der Waals surface area contributed by atoms with Crippen molar-refractivity contribution in [2.45, 2.75) is 31.7 Å². The average Bonchev–Trinajstić information content (AvgIpc) is 3.05. The number of guanidine groups is 1. The van der Waals surface area contributed by atoms with Crippen LogP contribution in [-0.2, 0) is 0 Å². The van der Waals surface area contributed by atoms with Crippen LogP contribution < -0.4 is 15.8 Å². The third-order valence-corrected chi connectivity index (χ3v) is 4.39. The molecule has 0 amide bonds. The third kappa shape index (κ3) is 3.91. The van der Waals surface area contributed by atoms with E-state index < -0.39 is 0 Å². The summed E-state index contributed by atoms with van der Waals surface area (Å²) >= 11 is 0. The molecule has 3 N–H and O–H groups in total. The van der Waals surface area contributed by atoms with Gasteiger partial charge in [0.05, 0.1) is 12.6 Å². The first-order valence-electron chi connectivity index (χ1n) is 8.33. The highest BCUT2D eigenvalue weighted by Crippen LogP contribution is 2.31. The van der Waals surface area contributed by atoms with Crippen LogP contribution in [0.3, 0.4) is 0 Å². The van der Waals surface area contributed by atoms with Crippen molar-refractivity contribution in [3.05, 3.63) is 29.8 Å². The Kier molecular flexibility index (Phi) is 5.16. The van der Waals surface area contributed by atoms with Crippen molar-refractivity contribution in [1.82, 2.24) is 10.2 Å². The highest BCUT2D eigenvalue weighted by atomic mass is 16.5. The molecule has 22 heavy (non-hydrogen) atoms. The maximum absolute atomic E-state index is 6.04. The topological polar surface area (TPSA) is 62.9 Å². The third-order valence-electron chi connectivity index (χ3n) is 4.39. The summed E-state index contributed by atoms with van der Waals surface area (Å²) in [6.07, 6.45) is 4.68. The van der Waals surface area contributed by atoms with Gasteiger partial charge in [-0.05, 0) is 45.0 Å². The zero-order valence-corrected chi connectivity index (χ0v) is 13.1. The number of aliphatic imine (C=N–C) groups is 1. The lowest BCUT2D eigenvalue weighted by Crippen LogP contribution is -2.37. The van der Waals surface area contributed by atoms with Crippen LogP contribution in [0.1, 0.15) is 37.3 Å². The van der Waals surface area contributed by atoms with E-state index in [0.717, 1.165) is 38.3 Å². The molecule has 1 unspecified atom stereocenters. The standard InChI is InChI=1S/C17H26N4O/c18-17(19-9-5-12-21-10-3-4-11-21)20-15-8-13-22-16-7-2-1-6-14(15)16/h1-2,6-7,15H,3-5,8-13H2,(H3,18,19,20). The average molecular weight is 302 g/mol. The zero-order valence-electron chi connectivity index (χ0n) is 13.1. The summed E-state index contributed by atoms with van der Waals surface area (Å²) in [5.41, 5.74) is 7.21. The lowest BCUT2D eigenvalue weighted by molar-refractivity contribution is 0.262. The molecule has 0 bridgehead atoms. The van der Waals surface area contributed by atoms with Gasteiger partial charge in [-0.25, -0.2) is 0 Å². The van der Waals surface area contributed by atoms with Crippen LogP contribution in [0.25, 0.3) is 0 Å². The second kappa shape index (κ2) is 7.49. The Labute approximate surface area is 132 Å². The Morgan fingerprint density at radius 3 is 3.00 bits per heavy atom. The first kappa shape index (κ1) is 15.2. The molecule has 1 fully saturated rings. The number of nitrogens with two attached hydrogens (primary N) is 1. The number of fused-ring (bicyclic) bond motifs is 1. The molecule has 5 heteroatoms. The SMILES string of the molecule is NC(=NCCCN1CCCC1)NC1CCOc2ccccc21. The van der Waals surface area contributed by atoms with E-state index in [1.807, 2.05) is 18.2 Å². The first-order chi connectivity index (χ1) is 10.8. The minimum absolute atomic E-state index is 0.201. The fourth-order valence-electron chi connectivity index (χ4n) is 3.22. The highest BCUT2D eigenvalue weighted by molar-refractivity contribution is 5.78. The van der Waals surface area contributed by atoms with Crippen LogP contribution in [0.2, 0.25) is 0 Å². The number of ether oxygens (including phenoxy) is 1. The number of nitrogens with zero attached hydrogens (tertiary/aromatic N) is 2. The Bertz CT molecular complexity index is 511. The maximum atomic E-state index is 6.04. The number of likely N-dealkylation sites (tertiary alicyclic amines) is 1. The van der Waals surface area contributed by atoms with Gasteiger partial charge < -0.3 is 20.7 Å². The fraction of sp³-hybridized carbons (Fsp3) is 0.588. The predicted octanol–water partition coefficient (Wildman–Crippen LogP) is 1.90. The van der Waals surface area contributed by atoms with E-state index in [2.05, 4.69) is 21.3 Å². The molecule has 0 radical (unpaired) electrons. The molecule has 120 valence electrons. The molecule has 1 atom stereocenters. The van der Waals surface area contributed by atoms with Crippen molar-refractivity contribution < 1.29 is 4.74 Å². The maximum Gasteiger partial charge on any atom is 0.189 e. The smallest absolute Gasteiger partial charge is 0.189 e. The van der Waals surface area contributed by atoms with E-state index >= 15 is 0 Å². The molecule has 2 heterocycles. The number of para-hydroxylation sites is 1. The van der Waals surface area contributed by atoms with Crippen LogP contribution in [0, 0.1) is 0 Å². The summed E-state index contributed by atoms with van der Waals surface area (Å²) in [6, 6.07) is 8.33. The van der Waals surface area contributed by atoms with Gasteiger partial charge in [-0.15, -0.1) is 0 Å². The van der Waals surface area contributed by atoms with Crippen molar-refractivity contribution in [2.24, 2.45) is 10.7 Å². The highest BCUT2D eigenvalue weighted by Gasteiger charge is 2.21. The quantitative estimate of drug-likeness (QED) is 0.495. The molecule has 2 aliphatic heterocycles. The Morgan fingerprint density at radius 1 is 1.32 bits per heavy atom. The van der Waals surface area contributed by atoms with Crippen LogP contribution in [0.4, 0.5) is 0 Å². The van der Waals surface area contributed by atoms with Crippen molar-refractivity contribution >= 4 is 5.96 Å². The van der Waals surface area contributed by atoms with E-state index in [0.29, 0.717) is 5.96 Å². The van der Waals surface area contributed by atoms with Crippen LogP contribution >= 0.6 is 0 Å². The monoisotopic (exact) mass is 302 g/mol.